The number of amides is 2. The molecule has 0 saturated carbocycles. The number of aliphatic hydroxyl groups is 1. The lowest BCUT2D eigenvalue weighted by atomic mass is 9.96. The van der Waals surface area contributed by atoms with Gasteiger partial charge in [0.05, 0.1) is 12.1 Å². The third-order valence-electron chi connectivity index (χ3n) is 3.94. The molecule has 0 saturated heterocycles. The second-order valence-corrected chi connectivity index (χ2v) is 6.64. The molecule has 0 fully saturated rings. The van der Waals surface area contributed by atoms with Crippen molar-refractivity contribution in [1.82, 2.24) is 10.6 Å². The van der Waals surface area contributed by atoms with E-state index in [1.807, 2.05) is 13.0 Å². The summed E-state index contributed by atoms with van der Waals surface area (Å²) in [5, 5.41) is 15.9. The second-order valence-electron chi connectivity index (χ2n) is 6.64. The molecule has 0 aromatic heterocycles. The predicted octanol–water partition coefficient (Wildman–Crippen LogP) is 2.62. The summed E-state index contributed by atoms with van der Waals surface area (Å²) in [6.07, 6.45) is 4.02. The minimum atomic E-state index is -0.998. The molecule has 7 heteroatoms. The molecular formula is C20H28F2N2O3. The molecule has 1 unspecified atom stereocenters. The molecule has 1 aromatic carbocycles. The van der Waals surface area contributed by atoms with Gasteiger partial charge in [-0.2, -0.15) is 0 Å². The fourth-order valence-electron chi connectivity index (χ4n) is 2.80. The zero-order chi connectivity index (χ0) is 20.4. The zero-order valence-electron chi connectivity index (χ0n) is 16.0. The standard InChI is InChI=1S/C20H28F2N2O3/c1-4-5-6-7-20(27)23-13(2)8-19(26)18(24-14(3)25)11-15-9-16(21)12-17(22)10-15/h5-6,9-10,12-13,18-19,26H,4,7-8,11H2,1-3H3,(H,23,27)(H,24,25)/b6-5+/t13?,18-,19-/m0/s1. The Labute approximate surface area is 158 Å². The molecule has 0 aliphatic heterocycles. The van der Waals surface area contributed by atoms with Crippen LogP contribution in [0.15, 0.2) is 30.4 Å². The van der Waals surface area contributed by atoms with Gasteiger partial charge in [-0.1, -0.05) is 19.1 Å². The number of hydrogen-bond donors (Lipinski definition) is 3. The van der Waals surface area contributed by atoms with E-state index >= 15 is 0 Å². The molecule has 0 spiro atoms. The van der Waals surface area contributed by atoms with Gasteiger partial charge >= 0.3 is 0 Å². The molecule has 0 aliphatic rings. The van der Waals surface area contributed by atoms with E-state index in [-0.39, 0.29) is 37.1 Å². The van der Waals surface area contributed by atoms with E-state index < -0.39 is 23.8 Å². The first kappa shape index (κ1) is 22.8. The summed E-state index contributed by atoms with van der Waals surface area (Å²) in [6, 6.07) is 2.02. The molecule has 1 aromatic rings. The molecule has 0 heterocycles. The van der Waals surface area contributed by atoms with Gasteiger partial charge in [0.2, 0.25) is 11.8 Å². The number of hydrogen-bond acceptors (Lipinski definition) is 3. The normalized spacial score (nSPS) is 14.6. The Balaban J connectivity index is 2.71. The molecule has 3 N–H and O–H groups in total. The largest absolute Gasteiger partial charge is 0.391 e. The van der Waals surface area contributed by atoms with E-state index in [2.05, 4.69) is 10.6 Å². The van der Waals surface area contributed by atoms with E-state index in [1.165, 1.54) is 6.92 Å². The minimum Gasteiger partial charge on any atom is -0.391 e. The highest BCUT2D eigenvalue weighted by Gasteiger charge is 2.23. The molecule has 1 rings (SSSR count). The summed E-state index contributed by atoms with van der Waals surface area (Å²) < 4.78 is 26.8. The van der Waals surface area contributed by atoms with Crippen LogP contribution in [0.2, 0.25) is 0 Å². The Bertz CT molecular complexity index is 644. The first-order chi connectivity index (χ1) is 12.7. The van der Waals surface area contributed by atoms with Gasteiger partial charge in [-0.3, -0.25) is 9.59 Å². The van der Waals surface area contributed by atoms with Crippen LogP contribution in [0, 0.1) is 11.6 Å². The van der Waals surface area contributed by atoms with Crippen molar-refractivity contribution in [3.8, 4) is 0 Å². The van der Waals surface area contributed by atoms with Gasteiger partial charge in [0.1, 0.15) is 11.6 Å². The molecule has 0 radical (unpaired) electrons. The van der Waals surface area contributed by atoms with Crippen molar-refractivity contribution < 1.29 is 23.5 Å². The molecule has 0 bridgehead atoms. The van der Waals surface area contributed by atoms with Crippen LogP contribution in [0.25, 0.3) is 0 Å². The molecule has 3 atom stereocenters. The third kappa shape index (κ3) is 9.28. The van der Waals surface area contributed by atoms with E-state index in [9.17, 15) is 23.5 Å². The third-order valence-corrected chi connectivity index (χ3v) is 3.94. The molecule has 27 heavy (non-hydrogen) atoms. The lowest BCUT2D eigenvalue weighted by Gasteiger charge is -2.26. The summed E-state index contributed by atoms with van der Waals surface area (Å²) >= 11 is 0. The summed E-state index contributed by atoms with van der Waals surface area (Å²) in [6.45, 7) is 5.02. The average molecular weight is 382 g/mol. The van der Waals surface area contributed by atoms with Crippen LogP contribution in [0.4, 0.5) is 8.78 Å². The topological polar surface area (TPSA) is 78.4 Å². The SMILES string of the molecule is CC/C=C/CC(=O)NC(C)C[C@H](O)[C@H](Cc1cc(F)cc(F)c1)NC(C)=O. The second kappa shape index (κ2) is 11.4. The van der Waals surface area contributed by atoms with Gasteiger partial charge in [-0.25, -0.2) is 8.78 Å². The van der Waals surface area contributed by atoms with Crippen LogP contribution in [0.3, 0.4) is 0 Å². The van der Waals surface area contributed by atoms with Gasteiger partial charge < -0.3 is 15.7 Å². The number of aliphatic hydroxyl groups excluding tert-OH is 1. The number of allylic oxidation sites excluding steroid dienone is 1. The summed E-state index contributed by atoms with van der Waals surface area (Å²) in [5.41, 5.74) is 0.326. The Hall–Kier alpha value is -2.28. The van der Waals surface area contributed by atoms with E-state index in [1.54, 1.807) is 13.0 Å². The average Bonchev–Trinajstić information content (AvgIpc) is 2.52. The molecule has 2 amide bonds. The molecule has 0 aliphatic carbocycles. The van der Waals surface area contributed by atoms with Crippen LogP contribution in [0.5, 0.6) is 0 Å². The number of nitrogens with one attached hydrogen (secondary N) is 2. The van der Waals surface area contributed by atoms with Gasteiger partial charge in [-0.05, 0) is 43.9 Å². The predicted molar refractivity (Wildman–Crippen MR) is 99.9 cm³/mol. The van der Waals surface area contributed by atoms with Gasteiger partial charge in [0.15, 0.2) is 0 Å². The van der Waals surface area contributed by atoms with E-state index in [0.717, 1.165) is 24.6 Å². The van der Waals surface area contributed by atoms with Crippen molar-refractivity contribution in [3.63, 3.8) is 0 Å². The molecule has 150 valence electrons. The monoisotopic (exact) mass is 382 g/mol. The number of carbonyl (C=O) groups is 2. The van der Waals surface area contributed by atoms with Crippen LogP contribution >= 0.6 is 0 Å². The Morgan fingerprint density at radius 3 is 2.33 bits per heavy atom. The maximum absolute atomic E-state index is 13.4. The van der Waals surface area contributed by atoms with E-state index in [4.69, 9.17) is 0 Å². The van der Waals surface area contributed by atoms with Crippen molar-refractivity contribution in [2.75, 3.05) is 0 Å². The summed E-state index contributed by atoms with van der Waals surface area (Å²) in [4.78, 5) is 23.3. The lowest BCUT2D eigenvalue weighted by molar-refractivity contribution is -0.122. The summed E-state index contributed by atoms with van der Waals surface area (Å²) in [7, 11) is 0. The lowest BCUT2D eigenvalue weighted by Crippen LogP contribution is -2.47. The first-order valence-corrected chi connectivity index (χ1v) is 9.05. The maximum Gasteiger partial charge on any atom is 0.224 e. The van der Waals surface area contributed by atoms with Crippen molar-refractivity contribution in [1.29, 1.82) is 0 Å². The number of benzene rings is 1. The first-order valence-electron chi connectivity index (χ1n) is 9.05. The Morgan fingerprint density at radius 2 is 1.78 bits per heavy atom. The quantitative estimate of drug-likeness (QED) is 0.545. The summed E-state index contributed by atoms with van der Waals surface area (Å²) in [5.74, 6) is -1.97. The number of halogens is 2. The highest BCUT2D eigenvalue weighted by Crippen LogP contribution is 2.14. The van der Waals surface area contributed by atoms with Crippen LogP contribution < -0.4 is 10.6 Å². The van der Waals surface area contributed by atoms with Crippen LogP contribution in [0.1, 0.15) is 45.6 Å². The van der Waals surface area contributed by atoms with E-state index in [0.29, 0.717) is 5.56 Å². The maximum atomic E-state index is 13.4. The van der Waals surface area contributed by atoms with Crippen molar-refractivity contribution >= 4 is 11.8 Å². The fraction of sp³-hybridized carbons (Fsp3) is 0.500. The van der Waals surface area contributed by atoms with Gasteiger partial charge in [-0.15, -0.1) is 0 Å². The van der Waals surface area contributed by atoms with Crippen LogP contribution in [-0.4, -0.2) is 35.1 Å². The number of rotatable bonds is 10. The fourth-order valence-corrected chi connectivity index (χ4v) is 2.80. The minimum absolute atomic E-state index is 0.0648. The highest BCUT2D eigenvalue weighted by molar-refractivity contribution is 5.77. The molecule has 5 nitrogen and oxygen atoms in total. The zero-order valence-corrected chi connectivity index (χ0v) is 16.0. The van der Waals surface area contributed by atoms with Crippen molar-refractivity contribution in [3.05, 3.63) is 47.5 Å². The highest BCUT2D eigenvalue weighted by atomic mass is 19.1. The Morgan fingerprint density at radius 1 is 1.15 bits per heavy atom. The van der Waals surface area contributed by atoms with Gasteiger partial charge in [0, 0.05) is 25.5 Å². The van der Waals surface area contributed by atoms with Crippen LogP contribution in [-0.2, 0) is 16.0 Å². The number of carbonyl (C=O) groups excluding carboxylic acids is 2. The molecular weight excluding hydrogens is 354 g/mol. The van der Waals surface area contributed by atoms with Gasteiger partial charge in [0.25, 0.3) is 0 Å². The Kier molecular flexibility index (Phi) is 9.64. The smallest absolute Gasteiger partial charge is 0.224 e. The van der Waals surface area contributed by atoms with Crippen molar-refractivity contribution in [2.45, 2.75) is 64.6 Å². The van der Waals surface area contributed by atoms with Crippen molar-refractivity contribution in [2.24, 2.45) is 0 Å².